The van der Waals surface area contributed by atoms with Crippen molar-refractivity contribution in [2.75, 3.05) is 47.8 Å². The van der Waals surface area contributed by atoms with Gasteiger partial charge in [-0.2, -0.15) is 0 Å². The second-order valence-electron chi connectivity index (χ2n) is 8.27. The van der Waals surface area contributed by atoms with Crippen molar-refractivity contribution in [3.8, 4) is 17.0 Å². The highest BCUT2D eigenvalue weighted by molar-refractivity contribution is 6.28. The highest BCUT2D eigenvalue weighted by atomic mass is 16.3. The third-order valence-corrected chi connectivity index (χ3v) is 5.56. The van der Waals surface area contributed by atoms with E-state index < -0.39 is 0 Å². The molecule has 6 heteroatoms. The first-order valence-electron chi connectivity index (χ1n) is 10.2. The quantitative estimate of drug-likeness (QED) is 0.537. The minimum Gasteiger partial charge on any atom is -0.494 e. The molecule has 1 aliphatic carbocycles. The largest absolute Gasteiger partial charge is 0.494 e. The minimum absolute atomic E-state index is 0.0227. The van der Waals surface area contributed by atoms with E-state index in [2.05, 4.69) is 4.90 Å². The zero-order valence-corrected chi connectivity index (χ0v) is 18.0. The molecule has 0 aliphatic heterocycles. The summed E-state index contributed by atoms with van der Waals surface area (Å²) in [6, 6.07) is 13.8. The van der Waals surface area contributed by atoms with Crippen molar-refractivity contribution in [1.29, 1.82) is 0 Å². The number of hydrogen-bond acceptors (Lipinski definition) is 5. The SMILES string of the molecule is CN(C)CCN=C1c2ccccc2-c2c(=O)n(CCN(C)C)c(O)c3cccc1c23. The Kier molecular flexibility index (Phi) is 5.45. The molecule has 0 fully saturated rings. The number of aromatic hydroxyl groups is 1. The van der Waals surface area contributed by atoms with E-state index in [1.165, 1.54) is 4.57 Å². The fraction of sp³-hybridized carbons (Fsp3) is 0.333. The molecule has 3 aromatic rings. The van der Waals surface area contributed by atoms with E-state index in [9.17, 15) is 9.90 Å². The van der Waals surface area contributed by atoms with E-state index in [1.54, 1.807) is 0 Å². The van der Waals surface area contributed by atoms with Crippen molar-refractivity contribution < 1.29 is 5.11 Å². The molecule has 6 nitrogen and oxygen atoms in total. The molecule has 1 aromatic heterocycles. The highest BCUT2D eigenvalue weighted by Gasteiger charge is 2.28. The average molecular weight is 405 g/mol. The van der Waals surface area contributed by atoms with Crippen molar-refractivity contribution in [3.05, 3.63) is 63.9 Å². The minimum atomic E-state index is -0.158. The number of fused-ring (bicyclic) bond motifs is 2. The Morgan fingerprint density at radius 1 is 0.900 bits per heavy atom. The summed E-state index contributed by atoms with van der Waals surface area (Å²) >= 11 is 0. The van der Waals surface area contributed by atoms with Crippen molar-refractivity contribution in [3.63, 3.8) is 0 Å². The summed E-state index contributed by atoms with van der Waals surface area (Å²) < 4.78 is 1.49. The molecule has 0 amide bonds. The molecule has 0 spiro atoms. The molecule has 0 atom stereocenters. The van der Waals surface area contributed by atoms with Crippen LogP contribution >= 0.6 is 0 Å². The fourth-order valence-electron chi connectivity index (χ4n) is 4.03. The van der Waals surface area contributed by atoms with Crippen LogP contribution in [0.3, 0.4) is 0 Å². The molecule has 30 heavy (non-hydrogen) atoms. The van der Waals surface area contributed by atoms with Crippen LogP contribution in [-0.4, -0.2) is 73.0 Å². The second-order valence-corrected chi connectivity index (χ2v) is 8.27. The number of aromatic nitrogens is 1. The van der Waals surface area contributed by atoms with Crippen LogP contribution in [0.2, 0.25) is 0 Å². The molecule has 0 saturated carbocycles. The summed E-state index contributed by atoms with van der Waals surface area (Å²) in [7, 11) is 7.96. The maximum atomic E-state index is 13.5. The third-order valence-electron chi connectivity index (χ3n) is 5.56. The Morgan fingerprint density at radius 3 is 2.27 bits per heavy atom. The number of rotatable bonds is 6. The summed E-state index contributed by atoms with van der Waals surface area (Å²) in [6.45, 7) is 2.59. The molecule has 0 saturated heterocycles. The van der Waals surface area contributed by atoms with Crippen molar-refractivity contribution >= 4 is 16.5 Å². The van der Waals surface area contributed by atoms with E-state index in [-0.39, 0.29) is 11.4 Å². The van der Waals surface area contributed by atoms with Gasteiger partial charge in [0.2, 0.25) is 5.88 Å². The number of pyridine rings is 1. The van der Waals surface area contributed by atoms with Gasteiger partial charge in [-0.15, -0.1) is 0 Å². The lowest BCUT2D eigenvalue weighted by Crippen LogP contribution is -2.29. The smallest absolute Gasteiger partial charge is 0.261 e. The Labute approximate surface area is 176 Å². The molecular formula is C24H28N4O2. The third kappa shape index (κ3) is 3.42. The van der Waals surface area contributed by atoms with Crippen LogP contribution in [0.4, 0.5) is 0 Å². The van der Waals surface area contributed by atoms with Crippen LogP contribution in [0.15, 0.2) is 52.3 Å². The molecule has 1 heterocycles. The monoisotopic (exact) mass is 404 g/mol. The van der Waals surface area contributed by atoms with Gasteiger partial charge in [-0.25, -0.2) is 0 Å². The van der Waals surface area contributed by atoms with Gasteiger partial charge in [-0.1, -0.05) is 36.4 Å². The number of aliphatic imine (C=N–C) groups is 1. The molecule has 0 bridgehead atoms. The summed E-state index contributed by atoms with van der Waals surface area (Å²) in [4.78, 5) is 22.6. The maximum Gasteiger partial charge on any atom is 0.261 e. The Balaban J connectivity index is 2.02. The number of likely N-dealkylation sites (N-methyl/N-ethyl adjacent to an activating group) is 2. The van der Waals surface area contributed by atoms with Gasteiger partial charge < -0.3 is 14.9 Å². The van der Waals surface area contributed by atoms with Gasteiger partial charge in [0.1, 0.15) is 0 Å². The van der Waals surface area contributed by atoms with Crippen LogP contribution in [0.25, 0.3) is 21.9 Å². The lowest BCUT2D eigenvalue weighted by Gasteiger charge is -2.24. The molecule has 0 radical (unpaired) electrons. The molecule has 0 unspecified atom stereocenters. The first kappa shape index (κ1) is 20.3. The maximum absolute atomic E-state index is 13.5. The van der Waals surface area contributed by atoms with Gasteiger partial charge >= 0.3 is 0 Å². The van der Waals surface area contributed by atoms with Gasteiger partial charge in [-0.05, 0) is 39.8 Å². The van der Waals surface area contributed by atoms with E-state index in [1.807, 2.05) is 75.6 Å². The summed E-state index contributed by atoms with van der Waals surface area (Å²) in [6.07, 6.45) is 0. The highest BCUT2D eigenvalue weighted by Crippen LogP contribution is 2.40. The number of hydrogen-bond donors (Lipinski definition) is 1. The second kappa shape index (κ2) is 8.05. The molecule has 156 valence electrons. The van der Waals surface area contributed by atoms with Crippen LogP contribution in [0.5, 0.6) is 5.88 Å². The van der Waals surface area contributed by atoms with E-state index >= 15 is 0 Å². The lowest BCUT2D eigenvalue weighted by atomic mass is 9.83. The first-order valence-corrected chi connectivity index (χ1v) is 10.2. The van der Waals surface area contributed by atoms with E-state index in [0.29, 0.717) is 30.6 Å². The Hall–Kier alpha value is -2.96. The molecule has 1 N–H and O–H groups in total. The van der Waals surface area contributed by atoms with Gasteiger partial charge in [0.25, 0.3) is 5.56 Å². The summed E-state index contributed by atoms with van der Waals surface area (Å²) in [5, 5.41) is 12.5. The Bertz CT molecular complexity index is 1190. The average Bonchev–Trinajstić information content (AvgIpc) is 2.71. The Morgan fingerprint density at radius 2 is 1.57 bits per heavy atom. The number of benzene rings is 2. The standard InChI is InChI=1S/C24H28N4O2/c1-26(2)13-12-25-22-17-9-6-5-8-16(17)21-20-18(22)10-7-11-19(20)23(29)28(24(21)30)15-14-27(3)4/h5-11,29H,12-15H2,1-4H3. The molecule has 1 aliphatic rings. The van der Waals surface area contributed by atoms with E-state index in [0.717, 1.165) is 34.3 Å². The molecular weight excluding hydrogens is 376 g/mol. The van der Waals surface area contributed by atoms with Crippen LogP contribution in [-0.2, 0) is 6.54 Å². The van der Waals surface area contributed by atoms with Crippen molar-refractivity contribution in [1.82, 2.24) is 14.4 Å². The van der Waals surface area contributed by atoms with Crippen molar-refractivity contribution in [2.45, 2.75) is 6.54 Å². The van der Waals surface area contributed by atoms with Gasteiger partial charge in [0.15, 0.2) is 0 Å². The predicted molar refractivity (Wildman–Crippen MR) is 123 cm³/mol. The van der Waals surface area contributed by atoms with Crippen LogP contribution in [0.1, 0.15) is 11.1 Å². The zero-order valence-electron chi connectivity index (χ0n) is 18.0. The predicted octanol–water partition coefficient (Wildman–Crippen LogP) is 2.65. The van der Waals surface area contributed by atoms with Gasteiger partial charge in [0.05, 0.1) is 17.8 Å². The topological polar surface area (TPSA) is 61.1 Å². The fourth-order valence-corrected chi connectivity index (χ4v) is 4.03. The normalized spacial score (nSPS) is 14.1. The summed E-state index contributed by atoms with van der Waals surface area (Å²) in [5.74, 6) is 0.0227. The first-order chi connectivity index (χ1) is 14.4. The zero-order chi connectivity index (χ0) is 21.4. The number of nitrogens with zero attached hydrogens (tertiary/aromatic N) is 4. The van der Waals surface area contributed by atoms with E-state index in [4.69, 9.17) is 4.99 Å². The summed E-state index contributed by atoms with van der Waals surface area (Å²) in [5.41, 5.74) is 4.14. The van der Waals surface area contributed by atoms with Crippen molar-refractivity contribution in [2.24, 2.45) is 4.99 Å². The van der Waals surface area contributed by atoms with Crippen LogP contribution in [0, 0.1) is 0 Å². The molecule has 2 aromatic carbocycles. The molecule has 4 rings (SSSR count). The lowest BCUT2D eigenvalue weighted by molar-refractivity contribution is 0.353. The van der Waals surface area contributed by atoms with Gasteiger partial charge in [-0.3, -0.25) is 14.4 Å². The van der Waals surface area contributed by atoms with Crippen LogP contribution < -0.4 is 5.56 Å². The van der Waals surface area contributed by atoms with Gasteiger partial charge in [0, 0.05) is 41.5 Å².